The Morgan fingerprint density at radius 1 is 1.27 bits per heavy atom. The van der Waals surface area contributed by atoms with E-state index in [4.69, 9.17) is 5.73 Å². The van der Waals surface area contributed by atoms with Gasteiger partial charge in [0.25, 0.3) is 0 Å². The Labute approximate surface area is 99.7 Å². The Morgan fingerprint density at radius 2 is 1.87 bits per heavy atom. The van der Waals surface area contributed by atoms with Crippen LogP contribution < -0.4 is 5.73 Å². The molecule has 0 aliphatic heterocycles. The van der Waals surface area contributed by atoms with Crippen molar-refractivity contribution in [1.82, 2.24) is 0 Å². The van der Waals surface area contributed by atoms with Crippen molar-refractivity contribution >= 4 is 27.5 Å². The third-order valence-electron chi connectivity index (χ3n) is 2.04. The first-order valence-electron chi connectivity index (χ1n) is 4.91. The molecule has 1 aromatic rings. The van der Waals surface area contributed by atoms with Crippen LogP contribution in [0.15, 0.2) is 27.7 Å². The third kappa shape index (κ3) is 3.67. The highest BCUT2D eigenvalue weighted by molar-refractivity contribution is 9.10. The Hall–Kier alpha value is -0.830. The smallest absolute Gasteiger partial charge is 0.105 e. The Morgan fingerprint density at radius 3 is 2.33 bits per heavy atom. The molecule has 0 atom stereocenters. The van der Waals surface area contributed by atoms with Crippen molar-refractivity contribution < 1.29 is 0 Å². The molecule has 2 nitrogen and oxygen atoms in total. The van der Waals surface area contributed by atoms with Gasteiger partial charge >= 0.3 is 0 Å². The van der Waals surface area contributed by atoms with Crippen LogP contribution in [-0.4, -0.2) is 5.84 Å². The second kappa shape index (κ2) is 4.35. The molecule has 2 N–H and O–H groups in total. The number of hydrogen-bond donors (Lipinski definition) is 1. The molecule has 1 aromatic carbocycles. The quantitative estimate of drug-likeness (QED) is 0.611. The summed E-state index contributed by atoms with van der Waals surface area (Å²) in [5.41, 5.74) is 7.90. The van der Waals surface area contributed by atoms with Crippen molar-refractivity contribution in [3.05, 3.63) is 28.2 Å². The van der Waals surface area contributed by atoms with Crippen LogP contribution in [0.1, 0.15) is 26.3 Å². The van der Waals surface area contributed by atoms with Gasteiger partial charge in [-0.1, -0.05) is 36.7 Å². The second-order valence-electron chi connectivity index (χ2n) is 4.73. The van der Waals surface area contributed by atoms with Crippen molar-refractivity contribution in [2.45, 2.75) is 27.7 Å². The van der Waals surface area contributed by atoms with Crippen LogP contribution in [0.25, 0.3) is 0 Å². The molecule has 0 heterocycles. The minimum Gasteiger partial charge on any atom is -0.387 e. The molecule has 0 radical (unpaired) electrons. The SMILES string of the molecule is Cc1cc(Br)cc(N=C(N)C(C)(C)C)c1. The summed E-state index contributed by atoms with van der Waals surface area (Å²) in [4.78, 5) is 4.42. The zero-order valence-electron chi connectivity index (χ0n) is 9.63. The number of halogens is 1. The lowest BCUT2D eigenvalue weighted by atomic mass is 9.95. The lowest BCUT2D eigenvalue weighted by Gasteiger charge is -2.17. The standard InChI is InChI=1S/C12H17BrN2/c1-8-5-9(13)7-10(6-8)15-11(14)12(2,3)4/h5-7H,1-4H3,(H2,14,15). The minimum absolute atomic E-state index is 0.0871. The van der Waals surface area contributed by atoms with E-state index in [-0.39, 0.29) is 5.41 Å². The molecule has 0 aromatic heterocycles. The summed E-state index contributed by atoms with van der Waals surface area (Å²) in [7, 11) is 0. The molecule has 15 heavy (non-hydrogen) atoms. The van der Waals surface area contributed by atoms with Crippen LogP contribution in [0.3, 0.4) is 0 Å². The largest absolute Gasteiger partial charge is 0.387 e. The number of aliphatic imine (C=N–C) groups is 1. The zero-order chi connectivity index (χ0) is 11.6. The van der Waals surface area contributed by atoms with Gasteiger partial charge in [-0.05, 0) is 30.7 Å². The van der Waals surface area contributed by atoms with Crippen molar-refractivity contribution in [2.75, 3.05) is 0 Å². The zero-order valence-corrected chi connectivity index (χ0v) is 11.2. The molecule has 0 spiro atoms. The molecular formula is C12H17BrN2. The number of aryl methyl sites for hydroxylation is 1. The lowest BCUT2D eigenvalue weighted by molar-refractivity contribution is 0.585. The summed E-state index contributed by atoms with van der Waals surface area (Å²) < 4.78 is 1.03. The molecule has 0 saturated carbocycles. The third-order valence-corrected chi connectivity index (χ3v) is 2.50. The van der Waals surface area contributed by atoms with E-state index in [1.807, 2.05) is 25.1 Å². The highest BCUT2D eigenvalue weighted by Crippen LogP contribution is 2.23. The molecule has 0 bridgehead atoms. The summed E-state index contributed by atoms with van der Waals surface area (Å²) in [5.74, 6) is 0.653. The number of amidine groups is 1. The van der Waals surface area contributed by atoms with Gasteiger partial charge in [-0.25, -0.2) is 4.99 Å². The fourth-order valence-corrected chi connectivity index (χ4v) is 1.68. The fraction of sp³-hybridized carbons (Fsp3) is 0.417. The predicted molar refractivity (Wildman–Crippen MR) is 69.6 cm³/mol. The van der Waals surface area contributed by atoms with E-state index in [9.17, 15) is 0 Å². The van der Waals surface area contributed by atoms with Crippen LogP contribution in [0, 0.1) is 12.3 Å². The van der Waals surface area contributed by atoms with Crippen LogP contribution in [0.4, 0.5) is 5.69 Å². The highest BCUT2D eigenvalue weighted by atomic mass is 79.9. The minimum atomic E-state index is -0.0871. The summed E-state index contributed by atoms with van der Waals surface area (Å²) in [6.45, 7) is 8.20. The average molecular weight is 269 g/mol. The predicted octanol–water partition coefficient (Wildman–Crippen LogP) is 3.79. The Balaban J connectivity index is 3.08. The van der Waals surface area contributed by atoms with Gasteiger partial charge in [-0.15, -0.1) is 0 Å². The summed E-state index contributed by atoms with van der Waals surface area (Å²) >= 11 is 3.44. The molecule has 0 aliphatic carbocycles. The molecule has 0 fully saturated rings. The van der Waals surface area contributed by atoms with Gasteiger partial charge in [0.1, 0.15) is 5.84 Å². The lowest BCUT2D eigenvalue weighted by Crippen LogP contribution is -2.28. The maximum atomic E-state index is 5.92. The summed E-state index contributed by atoms with van der Waals surface area (Å²) in [6.07, 6.45) is 0. The summed E-state index contributed by atoms with van der Waals surface area (Å²) in [5, 5.41) is 0. The first-order valence-corrected chi connectivity index (χ1v) is 5.70. The van der Waals surface area contributed by atoms with E-state index in [2.05, 4.69) is 41.7 Å². The number of benzene rings is 1. The number of rotatable bonds is 1. The van der Waals surface area contributed by atoms with Crippen LogP contribution in [-0.2, 0) is 0 Å². The Bertz CT molecular complexity index is 369. The van der Waals surface area contributed by atoms with Crippen LogP contribution >= 0.6 is 15.9 Å². The van der Waals surface area contributed by atoms with Gasteiger partial charge in [-0.3, -0.25) is 0 Å². The van der Waals surface area contributed by atoms with Crippen molar-refractivity contribution in [1.29, 1.82) is 0 Å². The number of nitrogens with zero attached hydrogens (tertiary/aromatic N) is 1. The topological polar surface area (TPSA) is 38.4 Å². The van der Waals surface area contributed by atoms with Gasteiger partial charge in [0.05, 0.1) is 5.69 Å². The number of hydrogen-bond acceptors (Lipinski definition) is 1. The van der Waals surface area contributed by atoms with Gasteiger partial charge in [0, 0.05) is 9.89 Å². The summed E-state index contributed by atoms with van der Waals surface area (Å²) in [6, 6.07) is 6.03. The Kier molecular flexibility index (Phi) is 3.55. The van der Waals surface area contributed by atoms with Crippen molar-refractivity contribution in [3.63, 3.8) is 0 Å². The van der Waals surface area contributed by atoms with Gasteiger partial charge in [-0.2, -0.15) is 0 Å². The van der Waals surface area contributed by atoms with E-state index < -0.39 is 0 Å². The maximum absolute atomic E-state index is 5.92. The molecular weight excluding hydrogens is 252 g/mol. The normalized spacial score (nSPS) is 13.0. The van der Waals surface area contributed by atoms with E-state index in [1.54, 1.807) is 0 Å². The van der Waals surface area contributed by atoms with E-state index in [0.717, 1.165) is 10.2 Å². The average Bonchev–Trinajstić information content (AvgIpc) is 1.99. The van der Waals surface area contributed by atoms with Crippen LogP contribution in [0.2, 0.25) is 0 Å². The number of nitrogens with two attached hydrogens (primary N) is 1. The molecule has 82 valence electrons. The monoisotopic (exact) mass is 268 g/mol. The molecule has 1 rings (SSSR count). The van der Waals surface area contributed by atoms with Gasteiger partial charge < -0.3 is 5.73 Å². The van der Waals surface area contributed by atoms with Gasteiger partial charge in [0.2, 0.25) is 0 Å². The van der Waals surface area contributed by atoms with Crippen molar-refractivity contribution in [2.24, 2.45) is 16.1 Å². The van der Waals surface area contributed by atoms with Crippen molar-refractivity contribution in [3.8, 4) is 0 Å². The van der Waals surface area contributed by atoms with E-state index >= 15 is 0 Å². The first kappa shape index (κ1) is 12.2. The van der Waals surface area contributed by atoms with E-state index in [0.29, 0.717) is 5.84 Å². The fourth-order valence-electron chi connectivity index (χ4n) is 1.09. The van der Waals surface area contributed by atoms with Gasteiger partial charge in [0.15, 0.2) is 0 Å². The molecule has 0 aliphatic rings. The van der Waals surface area contributed by atoms with E-state index in [1.165, 1.54) is 5.56 Å². The highest BCUT2D eigenvalue weighted by Gasteiger charge is 2.15. The van der Waals surface area contributed by atoms with Crippen LogP contribution in [0.5, 0.6) is 0 Å². The second-order valence-corrected chi connectivity index (χ2v) is 5.65. The maximum Gasteiger partial charge on any atom is 0.105 e. The molecule has 0 saturated heterocycles. The molecule has 3 heteroatoms. The molecule has 0 amide bonds. The first-order chi connectivity index (χ1) is 6.79. The molecule has 0 unspecified atom stereocenters.